The van der Waals surface area contributed by atoms with Crippen molar-refractivity contribution in [2.24, 2.45) is 0 Å². The topological polar surface area (TPSA) is 45.2 Å². The van der Waals surface area contributed by atoms with E-state index >= 15 is 0 Å². The third-order valence-corrected chi connectivity index (χ3v) is 6.24. The van der Waals surface area contributed by atoms with E-state index in [4.69, 9.17) is 14.6 Å². The van der Waals surface area contributed by atoms with Gasteiger partial charge in [-0.25, -0.2) is 0 Å². The highest BCUT2D eigenvalue weighted by atomic mass is 16.5. The van der Waals surface area contributed by atoms with Gasteiger partial charge in [0, 0.05) is 44.2 Å². The van der Waals surface area contributed by atoms with Crippen LogP contribution in [0.25, 0.3) is 0 Å². The molecule has 2 aromatic carbocycles. The lowest BCUT2D eigenvalue weighted by atomic mass is 9.87. The van der Waals surface area contributed by atoms with E-state index in [0.29, 0.717) is 12.2 Å². The predicted molar refractivity (Wildman–Crippen MR) is 149 cm³/mol. The average Bonchev–Trinajstić information content (AvgIpc) is 2.84. The van der Waals surface area contributed by atoms with E-state index in [1.807, 2.05) is 0 Å². The summed E-state index contributed by atoms with van der Waals surface area (Å²) in [5.41, 5.74) is 5.67. The van der Waals surface area contributed by atoms with Gasteiger partial charge in [0.25, 0.3) is 0 Å². The quantitative estimate of drug-likeness (QED) is 0.607. The summed E-state index contributed by atoms with van der Waals surface area (Å²) >= 11 is 0. The number of hydrogen-bond acceptors (Lipinski definition) is 5. The molecule has 2 atom stereocenters. The largest absolute Gasteiger partial charge is 0.397 e. The number of aliphatic hydroxyl groups excluding tert-OH is 1. The third kappa shape index (κ3) is 9.83. The lowest BCUT2D eigenvalue weighted by Gasteiger charge is -2.36. The zero-order valence-electron chi connectivity index (χ0n) is 23.1. The van der Waals surface area contributed by atoms with Gasteiger partial charge in [0.1, 0.15) is 0 Å². The Bertz CT molecular complexity index is 814. The summed E-state index contributed by atoms with van der Waals surface area (Å²) in [4.78, 5) is 4.80. The monoisotopic (exact) mass is 484 g/mol. The zero-order valence-corrected chi connectivity index (χ0v) is 23.1. The standard InChI is InChI=1S/2C14H21NO.C2H6O/c1-14(2,3)12-4-6-13(7-5-12)15-8-10-16-11-9-15;1-4-13-5-7-14(8-6-13)15-9-11(2)16-12(3)10-15;1-2-3/h4-7H,8-11H2,1-3H3;5-8,11-12H,4,9-10H2,1-3H3;3H,2H2,1H3. The maximum Gasteiger partial charge on any atom is 0.0726 e. The van der Waals surface area contributed by atoms with Crippen LogP contribution in [-0.2, 0) is 21.3 Å². The molecule has 4 rings (SSSR count). The number of hydrogen-bond donors (Lipinski definition) is 1. The highest BCUT2D eigenvalue weighted by Gasteiger charge is 2.22. The van der Waals surface area contributed by atoms with Crippen molar-refractivity contribution >= 4 is 11.4 Å². The van der Waals surface area contributed by atoms with Crippen molar-refractivity contribution in [3.63, 3.8) is 0 Å². The van der Waals surface area contributed by atoms with Gasteiger partial charge in [-0.05, 0) is 68.0 Å². The molecule has 196 valence electrons. The fourth-order valence-corrected chi connectivity index (χ4v) is 4.32. The van der Waals surface area contributed by atoms with Crippen molar-refractivity contribution in [1.82, 2.24) is 0 Å². The van der Waals surface area contributed by atoms with Crippen LogP contribution in [0.5, 0.6) is 0 Å². The van der Waals surface area contributed by atoms with Crippen LogP contribution in [0.1, 0.15) is 59.6 Å². The van der Waals surface area contributed by atoms with Crippen LogP contribution in [0.4, 0.5) is 11.4 Å². The number of benzene rings is 2. The highest BCUT2D eigenvalue weighted by Crippen LogP contribution is 2.25. The minimum atomic E-state index is 0.240. The maximum absolute atomic E-state index is 7.57. The highest BCUT2D eigenvalue weighted by molar-refractivity contribution is 5.49. The molecule has 2 aliphatic rings. The maximum atomic E-state index is 7.57. The van der Waals surface area contributed by atoms with Crippen LogP contribution in [0.3, 0.4) is 0 Å². The minimum absolute atomic E-state index is 0.240. The van der Waals surface area contributed by atoms with Crippen molar-refractivity contribution in [2.45, 2.75) is 72.5 Å². The van der Waals surface area contributed by atoms with E-state index in [-0.39, 0.29) is 12.0 Å². The van der Waals surface area contributed by atoms with Crippen molar-refractivity contribution in [3.05, 3.63) is 59.7 Å². The first-order chi connectivity index (χ1) is 16.7. The van der Waals surface area contributed by atoms with Crippen molar-refractivity contribution in [2.75, 3.05) is 55.8 Å². The second-order valence-electron chi connectivity index (χ2n) is 10.4. The molecule has 0 spiro atoms. The molecule has 0 amide bonds. The first-order valence-corrected chi connectivity index (χ1v) is 13.2. The van der Waals surface area contributed by atoms with Gasteiger partial charge in [-0.1, -0.05) is 52.0 Å². The number of aryl methyl sites for hydroxylation is 1. The van der Waals surface area contributed by atoms with Crippen LogP contribution in [0.15, 0.2) is 48.5 Å². The first kappa shape index (κ1) is 29.2. The SMILES string of the molecule is CC(C)(C)c1ccc(N2CCOCC2)cc1.CCO.CCc1ccc(N2CC(C)OC(C)C2)cc1. The van der Waals surface area contributed by atoms with Gasteiger partial charge in [0.2, 0.25) is 0 Å². The Hall–Kier alpha value is -2.08. The molecule has 5 nitrogen and oxygen atoms in total. The summed E-state index contributed by atoms with van der Waals surface area (Å²) in [6.45, 7) is 20.8. The van der Waals surface area contributed by atoms with Crippen molar-refractivity contribution in [3.8, 4) is 0 Å². The summed E-state index contributed by atoms with van der Waals surface area (Å²) in [7, 11) is 0. The smallest absolute Gasteiger partial charge is 0.0726 e. The van der Waals surface area contributed by atoms with Crippen molar-refractivity contribution in [1.29, 1.82) is 0 Å². The molecule has 0 aromatic heterocycles. The van der Waals surface area contributed by atoms with E-state index in [1.165, 1.54) is 22.5 Å². The molecule has 2 saturated heterocycles. The number of aliphatic hydroxyl groups is 1. The van der Waals surface area contributed by atoms with Gasteiger partial charge in [-0.2, -0.15) is 0 Å². The molecule has 2 aliphatic heterocycles. The van der Waals surface area contributed by atoms with Gasteiger partial charge in [0.05, 0.1) is 25.4 Å². The second-order valence-corrected chi connectivity index (χ2v) is 10.4. The fraction of sp³-hybridized carbons (Fsp3) is 0.600. The zero-order chi connectivity index (χ0) is 25.8. The Morgan fingerprint density at radius 3 is 1.71 bits per heavy atom. The Balaban J connectivity index is 0.000000222. The molecular weight excluding hydrogens is 436 g/mol. The fourth-order valence-electron chi connectivity index (χ4n) is 4.32. The van der Waals surface area contributed by atoms with Crippen molar-refractivity contribution < 1.29 is 14.6 Å². The van der Waals surface area contributed by atoms with E-state index in [2.05, 4.69) is 99.9 Å². The van der Waals surface area contributed by atoms with Gasteiger partial charge < -0.3 is 24.4 Å². The lowest BCUT2D eigenvalue weighted by molar-refractivity contribution is -0.00521. The Labute approximate surface area is 214 Å². The van der Waals surface area contributed by atoms with E-state index in [1.54, 1.807) is 6.92 Å². The third-order valence-electron chi connectivity index (χ3n) is 6.24. The second kappa shape index (κ2) is 14.5. The van der Waals surface area contributed by atoms with Crippen LogP contribution < -0.4 is 9.80 Å². The lowest BCUT2D eigenvalue weighted by Crippen LogP contribution is -2.45. The van der Waals surface area contributed by atoms with Gasteiger partial charge in [0.15, 0.2) is 0 Å². The molecule has 2 aromatic rings. The number of ether oxygens (including phenoxy) is 2. The molecule has 0 bridgehead atoms. The molecule has 2 heterocycles. The van der Waals surface area contributed by atoms with E-state index < -0.39 is 0 Å². The average molecular weight is 485 g/mol. The normalized spacial score (nSPS) is 20.3. The number of anilines is 2. The van der Waals surface area contributed by atoms with E-state index in [9.17, 15) is 0 Å². The summed E-state index contributed by atoms with van der Waals surface area (Å²) in [5, 5.41) is 7.57. The number of morpholine rings is 2. The molecular formula is C30H48N2O3. The predicted octanol–water partition coefficient (Wildman–Crippen LogP) is 5.68. The summed E-state index contributed by atoms with van der Waals surface area (Å²) in [5.74, 6) is 0. The Morgan fingerprint density at radius 1 is 0.800 bits per heavy atom. The van der Waals surface area contributed by atoms with Gasteiger partial charge in [-0.3, -0.25) is 0 Å². The first-order valence-electron chi connectivity index (χ1n) is 13.2. The summed E-state index contributed by atoms with van der Waals surface area (Å²) in [6.07, 6.45) is 1.76. The molecule has 5 heteroatoms. The van der Waals surface area contributed by atoms with Crippen LogP contribution in [-0.4, -0.2) is 63.3 Å². The van der Waals surface area contributed by atoms with E-state index in [0.717, 1.165) is 45.8 Å². The molecule has 35 heavy (non-hydrogen) atoms. The van der Waals surface area contributed by atoms with Gasteiger partial charge in [-0.15, -0.1) is 0 Å². The van der Waals surface area contributed by atoms with Crippen LogP contribution in [0, 0.1) is 0 Å². The number of rotatable bonds is 3. The molecule has 2 fully saturated rings. The molecule has 0 saturated carbocycles. The number of nitrogens with zero attached hydrogens (tertiary/aromatic N) is 2. The van der Waals surface area contributed by atoms with Crippen LogP contribution in [0.2, 0.25) is 0 Å². The molecule has 2 unspecified atom stereocenters. The Morgan fingerprint density at radius 2 is 1.26 bits per heavy atom. The summed E-state index contributed by atoms with van der Waals surface area (Å²) < 4.78 is 11.1. The molecule has 0 aliphatic carbocycles. The van der Waals surface area contributed by atoms with Gasteiger partial charge >= 0.3 is 0 Å². The molecule has 1 N–H and O–H groups in total. The Kier molecular flexibility index (Phi) is 12.1. The minimum Gasteiger partial charge on any atom is -0.397 e. The van der Waals surface area contributed by atoms with Crippen LogP contribution >= 0.6 is 0 Å². The summed E-state index contributed by atoms with van der Waals surface area (Å²) in [6, 6.07) is 17.8. The molecule has 0 radical (unpaired) electrons.